The number of benzene rings is 3. The van der Waals surface area contributed by atoms with Gasteiger partial charge in [0.25, 0.3) is 0 Å². The Morgan fingerprint density at radius 2 is 1.66 bits per heavy atom. The first-order valence-corrected chi connectivity index (χ1v) is 12.1. The molecule has 3 aromatic rings. The standard InChI is InChI=1S/C30H26N2O3/c31-14-13-20-9-11-21(12-10-20)22-15-23-17-34-18-24(16-22)32(23)30(33)35-19-29-27-7-3-1-5-25(27)26-6-2-4-8-28(26)29/h1-12,15,23-24,29H,13,16-19H2. The molecule has 2 aliphatic heterocycles. The van der Waals surface area contributed by atoms with Crippen molar-refractivity contribution in [3.8, 4) is 17.2 Å². The average molecular weight is 463 g/mol. The van der Waals surface area contributed by atoms with Gasteiger partial charge in [-0.1, -0.05) is 78.9 Å². The van der Waals surface area contributed by atoms with Crippen molar-refractivity contribution < 1.29 is 14.3 Å². The number of hydrogen-bond acceptors (Lipinski definition) is 4. The lowest BCUT2D eigenvalue weighted by atomic mass is 9.89. The lowest BCUT2D eigenvalue weighted by Crippen LogP contribution is -2.56. The normalized spacial score (nSPS) is 20.4. The maximum absolute atomic E-state index is 13.3. The molecule has 0 N–H and O–H groups in total. The van der Waals surface area contributed by atoms with Crippen LogP contribution in [-0.4, -0.2) is 42.9 Å². The van der Waals surface area contributed by atoms with Crippen LogP contribution in [0.15, 0.2) is 78.9 Å². The van der Waals surface area contributed by atoms with Crippen LogP contribution in [0.4, 0.5) is 4.79 Å². The van der Waals surface area contributed by atoms with E-state index in [1.807, 2.05) is 29.2 Å². The largest absolute Gasteiger partial charge is 0.448 e. The minimum Gasteiger partial charge on any atom is -0.448 e. The highest BCUT2D eigenvalue weighted by Crippen LogP contribution is 2.44. The van der Waals surface area contributed by atoms with Gasteiger partial charge in [0, 0.05) is 5.92 Å². The van der Waals surface area contributed by atoms with Gasteiger partial charge < -0.3 is 9.47 Å². The summed E-state index contributed by atoms with van der Waals surface area (Å²) in [6.45, 7) is 1.29. The molecule has 1 fully saturated rings. The van der Waals surface area contributed by atoms with Crippen LogP contribution in [0.2, 0.25) is 0 Å². The molecule has 35 heavy (non-hydrogen) atoms. The highest BCUT2D eigenvalue weighted by atomic mass is 16.6. The van der Waals surface area contributed by atoms with E-state index in [0.717, 1.165) is 17.5 Å². The molecule has 6 rings (SSSR count). The van der Waals surface area contributed by atoms with Gasteiger partial charge in [0.05, 0.1) is 37.8 Å². The number of nitrogens with zero attached hydrogens (tertiary/aromatic N) is 2. The zero-order chi connectivity index (χ0) is 23.8. The van der Waals surface area contributed by atoms with Gasteiger partial charge in [-0.2, -0.15) is 5.26 Å². The van der Waals surface area contributed by atoms with Crippen LogP contribution < -0.4 is 0 Å². The monoisotopic (exact) mass is 462 g/mol. The summed E-state index contributed by atoms with van der Waals surface area (Å²) in [5.41, 5.74) is 8.24. The molecule has 0 saturated carbocycles. The molecular formula is C30H26N2O3. The van der Waals surface area contributed by atoms with Crippen molar-refractivity contribution in [2.75, 3.05) is 19.8 Å². The number of rotatable bonds is 4. The Hall–Kier alpha value is -3.88. The van der Waals surface area contributed by atoms with Gasteiger partial charge in [0.2, 0.25) is 0 Å². The fourth-order valence-electron chi connectivity index (χ4n) is 5.69. The molecule has 1 aliphatic carbocycles. The maximum Gasteiger partial charge on any atom is 0.410 e. The van der Waals surface area contributed by atoms with Crippen LogP contribution in [0.3, 0.4) is 0 Å². The van der Waals surface area contributed by atoms with Crippen LogP contribution in [0.5, 0.6) is 0 Å². The summed E-state index contributed by atoms with van der Waals surface area (Å²) in [6, 6.07) is 26.9. The molecule has 1 amide bonds. The van der Waals surface area contributed by atoms with Crippen molar-refractivity contribution in [1.82, 2.24) is 4.90 Å². The number of amides is 1. The Labute approximate surface area is 205 Å². The van der Waals surface area contributed by atoms with Gasteiger partial charge in [-0.05, 0) is 45.4 Å². The lowest BCUT2D eigenvalue weighted by Gasteiger charge is -2.44. The summed E-state index contributed by atoms with van der Waals surface area (Å²) in [6.07, 6.45) is 2.99. The molecule has 3 aromatic carbocycles. The van der Waals surface area contributed by atoms with E-state index in [0.29, 0.717) is 26.2 Å². The summed E-state index contributed by atoms with van der Waals surface area (Å²) < 4.78 is 11.8. The van der Waals surface area contributed by atoms with Crippen molar-refractivity contribution in [3.63, 3.8) is 0 Å². The van der Waals surface area contributed by atoms with Crippen molar-refractivity contribution in [2.24, 2.45) is 0 Å². The number of carbonyl (C=O) groups excluding carboxylic acids is 1. The van der Waals surface area contributed by atoms with Gasteiger partial charge in [-0.25, -0.2) is 4.79 Å². The SMILES string of the molecule is N#CCc1ccc(C2=CC3COCC(C2)N3C(=O)OCC2c3ccccc3-c3ccccc32)cc1. The number of fused-ring (bicyclic) bond motifs is 5. The Bertz CT molecular complexity index is 1290. The second-order valence-electron chi connectivity index (χ2n) is 9.40. The second kappa shape index (κ2) is 9.05. The van der Waals surface area contributed by atoms with Crippen molar-refractivity contribution in [2.45, 2.75) is 30.8 Å². The molecule has 2 unspecified atom stereocenters. The van der Waals surface area contributed by atoms with Gasteiger partial charge in [-0.3, -0.25) is 4.90 Å². The minimum atomic E-state index is -0.273. The van der Waals surface area contributed by atoms with Crippen molar-refractivity contribution in [3.05, 3.63) is 101 Å². The summed E-state index contributed by atoms with van der Waals surface area (Å²) in [7, 11) is 0. The van der Waals surface area contributed by atoms with E-state index >= 15 is 0 Å². The topological polar surface area (TPSA) is 62.6 Å². The fraction of sp³-hybridized carbons (Fsp3) is 0.267. The zero-order valence-corrected chi connectivity index (χ0v) is 19.4. The van der Waals surface area contributed by atoms with Gasteiger partial charge in [-0.15, -0.1) is 0 Å². The fourth-order valence-corrected chi connectivity index (χ4v) is 5.69. The van der Waals surface area contributed by atoms with E-state index in [-0.39, 0.29) is 24.1 Å². The van der Waals surface area contributed by atoms with Crippen molar-refractivity contribution in [1.29, 1.82) is 5.26 Å². The van der Waals surface area contributed by atoms with Gasteiger partial charge in [0.15, 0.2) is 0 Å². The summed E-state index contributed by atoms with van der Waals surface area (Å²) in [5.74, 6) is 0.0465. The Balaban J connectivity index is 1.19. The molecule has 174 valence electrons. The predicted octanol–water partition coefficient (Wildman–Crippen LogP) is 5.56. The lowest BCUT2D eigenvalue weighted by molar-refractivity contribution is -0.0331. The van der Waals surface area contributed by atoms with Crippen molar-refractivity contribution >= 4 is 11.7 Å². The van der Waals surface area contributed by atoms with Gasteiger partial charge >= 0.3 is 6.09 Å². The third kappa shape index (κ3) is 3.90. The molecule has 0 spiro atoms. The zero-order valence-electron chi connectivity index (χ0n) is 19.4. The van der Waals surface area contributed by atoms with E-state index in [9.17, 15) is 4.79 Å². The van der Waals surface area contributed by atoms with E-state index in [1.165, 1.54) is 27.8 Å². The van der Waals surface area contributed by atoms with E-state index < -0.39 is 0 Å². The maximum atomic E-state index is 13.3. The summed E-state index contributed by atoms with van der Waals surface area (Å²) >= 11 is 0. The summed E-state index contributed by atoms with van der Waals surface area (Å²) in [4.78, 5) is 15.2. The van der Waals surface area contributed by atoms with E-state index in [2.05, 4.69) is 60.7 Å². The van der Waals surface area contributed by atoms with E-state index in [4.69, 9.17) is 14.7 Å². The molecule has 2 bridgehead atoms. The first-order chi connectivity index (χ1) is 17.2. The molecule has 0 aromatic heterocycles. The number of hydrogen-bond donors (Lipinski definition) is 0. The smallest absolute Gasteiger partial charge is 0.410 e. The average Bonchev–Trinajstić information content (AvgIpc) is 3.21. The van der Waals surface area contributed by atoms with E-state index in [1.54, 1.807) is 0 Å². The Kier molecular flexibility index (Phi) is 5.60. The van der Waals surface area contributed by atoms with Gasteiger partial charge in [0.1, 0.15) is 6.61 Å². The second-order valence-corrected chi connectivity index (χ2v) is 9.40. The third-order valence-electron chi connectivity index (χ3n) is 7.35. The molecule has 0 radical (unpaired) electrons. The summed E-state index contributed by atoms with van der Waals surface area (Å²) in [5, 5.41) is 8.91. The predicted molar refractivity (Wildman–Crippen MR) is 134 cm³/mol. The quantitative estimate of drug-likeness (QED) is 0.509. The first kappa shape index (κ1) is 21.6. The van der Waals surface area contributed by atoms with Crippen LogP contribution in [0.1, 0.15) is 34.6 Å². The third-order valence-corrected chi connectivity index (χ3v) is 7.35. The van der Waals surface area contributed by atoms with Crippen LogP contribution in [0, 0.1) is 11.3 Å². The Morgan fingerprint density at radius 3 is 2.31 bits per heavy atom. The molecule has 1 saturated heterocycles. The Morgan fingerprint density at radius 1 is 0.971 bits per heavy atom. The molecular weight excluding hydrogens is 436 g/mol. The molecule has 5 heteroatoms. The first-order valence-electron chi connectivity index (χ1n) is 12.1. The molecule has 2 heterocycles. The van der Waals surface area contributed by atoms with Crippen LogP contribution in [-0.2, 0) is 15.9 Å². The van der Waals surface area contributed by atoms with Crippen LogP contribution in [0.25, 0.3) is 16.7 Å². The number of ether oxygens (including phenoxy) is 2. The highest BCUT2D eigenvalue weighted by Gasteiger charge is 2.39. The molecule has 5 nitrogen and oxygen atoms in total. The molecule has 3 aliphatic rings. The van der Waals surface area contributed by atoms with Crippen LogP contribution >= 0.6 is 0 Å². The number of morpholine rings is 1. The molecule has 2 atom stereocenters. The minimum absolute atomic E-state index is 0.0465. The number of carbonyl (C=O) groups is 1. The number of nitriles is 1. The highest BCUT2D eigenvalue weighted by molar-refractivity contribution is 5.79.